The summed E-state index contributed by atoms with van der Waals surface area (Å²) in [6.07, 6.45) is 14.8. The second-order valence-electron chi connectivity index (χ2n) is 4.86. The van der Waals surface area contributed by atoms with Gasteiger partial charge >= 0.3 is 0 Å². The first-order valence-corrected chi connectivity index (χ1v) is 6.52. The van der Waals surface area contributed by atoms with Crippen molar-refractivity contribution in [2.75, 3.05) is 6.61 Å². The van der Waals surface area contributed by atoms with Gasteiger partial charge in [-0.2, -0.15) is 0 Å². The molecule has 2 heteroatoms. The molecule has 0 aromatic heterocycles. The Morgan fingerprint density at radius 1 is 1.25 bits per heavy atom. The molecule has 1 aliphatic heterocycles. The molecule has 0 amide bonds. The van der Waals surface area contributed by atoms with Gasteiger partial charge in [-0.1, -0.05) is 19.3 Å². The lowest BCUT2D eigenvalue weighted by Gasteiger charge is -2.25. The second-order valence-corrected chi connectivity index (χ2v) is 4.86. The maximum Gasteiger partial charge on any atom is 0.117 e. The largest absolute Gasteiger partial charge is 0.494 e. The van der Waals surface area contributed by atoms with E-state index in [0.29, 0.717) is 5.92 Å². The number of aliphatic hydroxyl groups is 1. The van der Waals surface area contributed by atoms with Crippen LogP contribution in [0.4, 0.5) is 0 Å². The highest BCUT2D eigenvalue weighted by Gasteiger charge is 2.19. The summed E-state index contributed by atoms with van der Waals surface area (Å²) in [5.74, 6) is 0.605. The molecule has 1 N–H and O–H groups in total. The average Bonchev–Trinajstić information content (AvgIpc) is 2.38. The van der Waals surface area contributed by atoms with Gasteiger partial charge in [0.05, 0.1) is 12.9 Å². The van der Waals surface area contributed by atoms with Crippen molar-refractivity contribution in [2.24, 2.45) is 5.92 Å². The summed E-state index contributed by atoms with van der Waals surface area (Å²) in [4.78, 5) is 0. The molecule has 16 heavy (non-hydrogen) atoms. The third-order valence-corrected chi connectivity index (χ3v) is 3.68. The first-order chi connectivity index (χ1) is 7.90. The van der Waals surface area contributed by atoms with Gasteiger partial charge in [-0.15, -0.1) is 0 Å². The molecule has 1 atom stereocenters. The molecule has 1 saturated carbocycles. The summed E-state index contributed by atoms with van der Waals surface area (Å²) in [6.45, 7) is 0.203. The highest BCUT2D eigenvalue weighted by molar-refractivity contribution is 5.11. The van der Waals surface area contributed by atoms with Crippen molar-refractivity contribution in [3.63, 3.8) is 0 Å². The lowest BCUT2D eigenvalue weighted by molar-refractivity contribution is 0.161. The van der Waals surface area contributed by atoms with Crippen molar-refractivity contribution >= 4 is 0 Å². The first-order valence-electron chi connectivity index (χ1n) is 6.52. The van der Waals surface area contributed by atoms with Crippen molar-refractivity contribution < 1.29 is 9.84 Å². The van der Waals surface area contributed by atoms with E-state index in [-0.39, 0.29) is 12.7 Å². The van der Waals surface area contributed by atoms with Gasteiger partial charge in [0, 0.05) is 0 Å². The molecular weight excluding hydrogens is 200 g/mol. The zero-order valence-electron chi connectivity index (χ0n) is 9.90. The first kappa shape index (κ1) is 11.7. The molecule has 1 heterocycles. The Labute approximate surface area is 98.0 Å². The molecule has 0 saturated heterocycles. The molecule has 2 nitrogen and oxygen atoms in total. The second kappa shape index (κ2) is 6.09. The molecule has 0 bridgehead atoms. The van der Waals surface area contributed by atoms with Gasteiger partial charge in [0.15, 0.2) is 0 Å². The average molecular weight is 222 g/mol. The highest BCUT2D eigenvalue weighted by atomic mass is 16.5. The summed E-state index contributed by atoms with van der Waals surface area (Å²) in [5, 5.41) is 9.47. The Balaban J connectivity index is 1.96. The lowest BCUT2D eigenvalue weighted by atomic mass is 9.83. The van der Waals surface area contributed by atoms with Gasteiger partial charge in [0.1, 0.15) is 6.10 Å². The normalized spacial score (nSPS) is 27.8. The summed E-state index contributed by atoms with van der Waals surface area (Å²) < 4.78 is 5.53. The number of ether oxygens (including phenoxy) is 1. The molecule has 1 unspecified atom stereocenters. The van der Waals surface area contributed by atoms with Crippen molar-refractivity contribution in [1.82, 2.24) is 0 Å². The van der Waals surface area contributed by atoms with E-state index in [1.54, 1.807) is 6.26 Å². The topological polar surface area (TPSA) is 29.5 Å². The van der Waals surface area contributed by atoms with Crippen LogP contribution in [0.3, 0.4) is 0 Å². The molecule has 2 rings (SSSR count). The zero-order valence-corrected chi connectivity index (χ0v) is 9.90. The minimum atomic E-state index is 0.189. The van der Waals surface area contributed by atoms with Gasteiger partial charge in [-0.25, -0.2) is 0 Å². The van der Waals surface area contributed by atoms with Gasteiger partial charge < -0.3 is 9.84 Å². The fraction of sp³-hybridized carbons (Fsp3) is 0.714. The van der Waals surface area contributed by atoms with Crippen molar-refractivity contribution in [2.45, 2.75) is 51.0 Å². The third-order valence-electron chi connectivity index (χ3n) is 3.68. The number of aliphatic hydroxyl groups excluding tert-OH is 1. The molecule has 0 radical (unpaired) electrons. The summed E-state index contributed by atoms with van der Waals surface area (Å²) in [7, 11) is 0. The van der Waals surface area contributed by atoms with E-state index < -0.39 is 0 Å². The fourth-order valence-electron chi connectivity index (χ4n) is 2.71. The van der Waals surface area contributed by atoms with Gasteiger partial charge in [-0.05, 0) is 49.3 Å². The molecule has 2 aliphatic rings. The van der Waals surface area contributed by atoms with Crippen LogP contribution in [0.2, 0.25) is 0 Å². The minimum Gasteiger partial charge on any atom is -0.494 e. The molecule has 1 aliphatic carbocycles. The van der Waals surface area contributed by atoms with E-state index in [9.17, 15) is 5.11 Å². The molecule has 0 aromatic carbocycles. The van der Waals surface area contributed by atoms with Crippen LogP contribution in [-0.4, -0.2) is 17.8 Å². The maximum absolute atomic E-state index is 9.47. The van der Waals surface area contributed by atoms with Gasteiger partial charge in [0.25, 0.3) is 0 Å². The summed E-state index contributed by atoms with van der Waals surface area (Å²) in [6, 6.07) is 0. The predicted octanol–water partition coefficient (Wildman–Crippen LogP) is 3.18. The van der Waals surface area contributed by atoms with E-state index in [1.807, 2.05) is 0 Å². The number of rotatable bonds is 3. The van der Waals surface area contributed by atoms with E-state index in [1.165, 1.54) is 37.7 Å². The number of hydrogen-bond donors (Lipinski definition) is 1. The van der Waals surface area contributed by atoms with E-state index in [2.05, 4.69) is 12.2 Å². The van der Waals surface area contributed by atoms with Crippen LogP contribution in [0.25, 0.3) is 0 Å². The van der Waals surface area contributed by atoms with Crippen LogP contribution in [0.15, 0.2) is 24.0 Å². The van der Waals surface area contributed by atoms with E-state index >= 15 is 0 Å². The monoisotopic (exact) mass is 222 g/mol. The predicted molar refractivity (Wildman–Crippen MR) is 65.0 cm³/mol. The molecular formula is C14H22O2. The van der Waals surface area contributed by atoms with E-state index in [4.69, 9.17) is 4.74 Å². The maximum atomic E-state index is 9.47. The van der Waals surface area contributed by atoms with Crippen molar-refractivity contribution in [3.05, 3.63) is 24.0 Å². The zero-order chi connectivity index (χ0) is 11.2. The molecule has 0 aromatic rings. The van der Waals surface area contributed by atoms with Crippen LogP contribution in [0.5, 0.6) is 0 Å². The Bertz CT molecular complexity index is 262. The van der Waals surface area contributed by atoms with E-state index in [0.717, 1.165) is 12.8 Å². The standard InChI is InChI=1S/C14H22O2/c15-11-13(12-6-2-1-3-7-12)10-14-8-4-5-9-16-14/h5,9-10,12,14-15H,1-4,6-8,11H2. The third kappa shape index (κ3) is 3.11. The molecule has 90 valence electrons. The van der Waals surface area contributed by atoms with Crippen LogP contribution in [-0.2, 0) is 4.74 Å². The lowest BCUT2D eigenvalue weighted by Crippen LogP contribution is -2.16. The summed E-state index contributed by atoms with van der Waals surface area (Å²) >= 11 is 0. The minimum absolute atomic E-state index is 0.189. The number of hydrogen-bond acceptors (Lipinski definition) is 2. The Kier molecular flexibility index (Phi) is 4.46. The Hall–Kier alpha value is -0.760. The van der Waals surface area contributed by atoms with Crippen LogP contribution in [0, 0.1) is 5.92 Å². The SMILES string of the molecule is OCC(=CC1CCC=CO1)C1CCCCC1. The number of allylic oxidation sites excluding steroid dienone is 1. The summed E-state index contributed by atoms with van der Waals surface area (Å²) in [5.41, 5.74) is 1.21. The smallest absolute Gasteiger partial charge is 0.117 e. The van der Waals surface area contributed by atoms with Crippen LogP contribution in [0.1, 0.15) is 44.9 Å². The van der Waals surface area contributed by atoms with Crippen molar-refractivity contribution in [1.29, 1.82) is 0 Å². The van der Waals surface area contributed by atoms with Gasteiger partial charge in [0.2, 0.25) is 0 Å². The van der Waals surface area contributed by atoms with Gasteiger partial charge in [-0.3, -0.25) is 0 Å². The van der Waals surface area contributed by atoms with Crippen LogP contribution >= 0.6 is 0 Å². The van der Waals surface area contributed by atoms with Crippen LogP contribution < -0.4 is 0 Å². The van der Waals surface area contributed by atoms with Crippen molar-refractivity contribution in [3.8, 4) is 0 Å². The quantitative estimate of drug-likeness (QED) is 0.743. The fourth-order valence-corrected chi connectivity index (χ4v) is 2.71. The Morgan fingerprint density at radius 3 is 2.69 bits per heavy atom. The molecule has 1 fully saturated rings. The highest BCUT2D eigenvalue weighted by Crippen LogP contribution is 2.30. The molecule has 0 spiro atoms. The Morgan fingerprint density at radius 2 is 2.06 bits per heavy atom.